The van der Waals surface area contributed by atoms with Gasteiger partial charge in [0, 0.05) is 6.20 Å². The lowest BCUT2D eigenvalue weighted by atomic mass is 10.1. The fourth-order valence-electron chi connectivity index (χ4n) is 2.23. The lowest BCUT2D eigenvalue weighted by molar-refractivity contribution is -0.385. The van der Waals surface area contributed by atoms with Crippen LogP contribution >= 0.6 is 0 Å². The molecule has 0 saturated heterocycles. The number of methoxy groups -OCH3 is 1. The van der Waals surface area contributed by atoms with Crippen molar-refractivity contribution in [3.63, 3.8) is 0 Å². The van der Waals surface area contributed by atoms with Gasteiger partial charge in [0.25, 0.3) is 5.69 Å². The molecule has 0 amide bonds. The number of nitrogens with zero attached hydrogens (tertiary/aromatic N) is 3. The SMILES string of the molecule is COc1cc(/C=C(\C#N)c2ccc(C(F)(F)F)cn2)c([N+](=O)[O-])cc1OC(F)F. The van der Waals surface area contributed by atoms with Crippen LogP contribution in [0.15, 0.2) is 30.5 Å². The second kappa shape index (κ2) is 8.51. The van der Waals surface area contributed by atoms with E-state index >= 15 is 0 Å². The fourth-order valence-corrected chi connectivity index (χ4v) is 2.23. The van der Waals surface area contributed by atoms with Crippen LogP contribution in [0, 0.1) is 21.4 Å². The summed E-state index contributed by atoms with van der Waals surface area (Å²) in [5.41, 5.74) is -2.44. The van der Waals surface area contributed by atoms with Crippen LogP contribution in [0.4, 0.5) is 27.6 Å². The zero-order valence-corrected chi connectivity index (χ0v) is 14.4. The second-order valence-corrected chi connectivity index (χ2v) is 5.30. The third-order valence-corrected chi connectivity index (χ3v) is 3.51. The molecular formula is C17H10F5N3O4. The molecule has 0 fully saturated rings. The van der Waals surface area contributed by atoms with Gasteiger partial charge in [0.1, 0.15) is 6.07 Å². The zero-order valence-electron chi connectivity index (χ0n) is 14.4. The van der Waals surface area contributed by atoms with Crippen LogP contribution in [0.5, 0.6) is 11.5 Å². The molecule has 0 bridgehead atoms. The molecule has 7 nitrogen and oxygen atoms in total. The number of aromatic nitrogens is 1. The predicted molar refractivity (Wildman–Crippen MR) is 89.0 cm³/mol. The van der Waals surface area contributed by atoms with E-state index in [1.807, 2.05) is 0 Å². The quantitative estimate of drug-likeness (QED) is 0.294. The molecule has 1 aromatic carbocycles. The Balaban J connectivity index is 2.57. The molecule has 29 heavy (non-hydrogen) atoms. The van der Waals surface area contributed by atoms with Crippen LogP contribution in [-0.4, -0.2) is 23.6 Å². The van der Waals surface area contributed by atoms with Crippen molar-refractivity contribution in [1.29, 1.82) is 5.26 Å². The van der Waals surface area contributed by atoms with Crippen LogP contribution in [-0.2, 0) is 6.18 Å². The van der Waals surface area contributed by atoms with Crippen LogP contribution in [0.25, 0.3) is 11.6 Å². The summed E-state index contributed by atoms with van der Waals surface area (Å²) in [6.07, 6.45) is -3.15. The highest BCUT2D eigenvalue weighted by atomic mass is 19.4. The minimum Gasteiger partial charge on any atom is -0.493 e. The maximum Gasteiger partial charge on any atom is 0.417 e. The van der Waals surface area contributed by atoms with Gasteiger partial charge in [-0.3, -0.25) is 15.1 Å². The highest BCUT2D eigenvalue weighted by molar-refractivity contribution is 5.90. The number of hydrogen-bond donors (Lipinski definition) is 0. The molecule has 1 aromatic heterocycles. The second-order valence-electron chi connectivity index (χ2n) is 5.30. The van der Waals surface area contributed by atoms with Gasteiger partial charge in [-0.15, -0.1) is 0 Å². The van der Waals surface area contributed by atoms with Gasteiger partial charge in [0.2, 0.25) is 0 Å². The Morgan fingerprint density at radius 1 is 1.31 bits per heavy atom. The van der Waals surface area contributed by atoms with Crippen molar-refractivity contribution in [2.75, 3.05) is 7.11 Å². The van der Waals surface area contributed by atoms with Crippen molar-refractivity contribution in [2.45, 2.75) is 12.8 Å². The van der Waals surface area contributed by atoms with Crippen LogP contribution in [0.3, 0.4) is 0 Å². The van der Waals surface area contributed by atoms with E-state index in [1.165, 1.54) is 0 Å². The summed E-state index contributed by atoms with van der Waals surface area (Å²) in [6.45, 7) is -3.27. The Kier molecular flexibility index (Phi) is 6.32. The number of halogens is 5. The number of allylic oxidation sites excluding steroid dienone is 1. The smallest absolute Gasteiger partial charge is 0.417 e. The summed E-state index contributed by atoms with van der Waals surface area (Å²) in [6, 6.07) is 4.97. The van der Waals surface area contributed by atoms with Crippen molar-refractivity contribution in [3.05, 3.63) is 57.4 Å². The number of ether oxygens (including phenoxy) is 2. The Bertz CT molecular complexity index is 982. The van der Waals surface area contributed by atoms with Gasteiger partial charge in [-0.2, -0.15) is 27.2 Å². The third-order valence-electron chi connectivity index (χ3n) is 3.51. The number of rotatable bonds is 6. The average Bonchev–Trinajstić information content (AvgIpc) is 2.65. The third kappa shape index (κ3) is 5.16. The Labute approximate surface area is 159 Å². The van der Waals surface area contributed by atoms with Crippen LogP contribution in [0.1, 0.15) is 16.8 Å². The van der Waals surface area contributed by atoms with Crippen molar-refractivity contribution < 1.29 is 36.3 Å². The Hall–Kier alpha value is -3.75. The topological polar surface area (TPSA) is 98.3 Å². The number of nitro groups is 1. The van der Waals surface area contributed by atoms with Gasteiger partial charge < -0.3 is 9.47 Å². The molecule has 0 radical (unpaired) electrons. The first-order valence-electron chi connectivity index (χ1n) is 7.53. The molecule has 152 valence electrons. The first-order chi connectivity index (χ1) is 13.6. The predicted octanol–water partition coefficient (Wildman–Crippen LogP) is 4.68. The maximum atomic E-state index is 12.6. The summed E-state index contributed by atoms with van der Waals surface area (Å²) >= 11 is 0. The summed E-state index contributed by atoms with van der Waals surface area (Å²) in [5, 5.41) is 20.6. The van der Waals surface area contributed by atoms with Gasteiger partial charge in [-0.05, 0) is 24.3 Å². The standard InChI is InChI=1S/C17H10F5N3O4/c1-28-14-5-9(13(25(26)27)6-15(14)29-16(18)19)4-10(7-23)12-3-2-11(8-24-12)17(20,21)22/h2-6,8,16H,1H3/b10-4+. The highest BCUT2D eigenvalue weighted by Crippen LogP contribution is 2.37. The van der Waals surface area contributed by atoms with E-state index in [0.717, 1.165) is 25.3 Å². The summed E-state index contributed by atoms with van der Waals surface area (Å²) in [5.74, 6) is -0.877. The van der Waals surface area contributed by atoms with Crippen molar-refractivity contribution >= 4 is 17.3 Å². The largest absolute Gasteiger partial charge is 0.493 e. The number of nitriles is 1. The van der Waals surface area contributed by atoms with E-state index in [1.54, 1.807) is 6.07 Å². The number of nitro benzene ring substituents is 1. The maximum absolute atomic E-state index is 12.6. The van der Waals surface area contributed by atoms with Gasteiger partial charge in [0.05, 0.1) is 40.5 Å². The summed E-state index contributed by atoms with van der Waals surface area (Å²) in [7, 11) is 1.11. The lowest BCUT2D eigenvalue weighted by Gasteiger charge is -2.11. The molecule has 0 aliphatic carbocycles. The summed E-state index contributed by atoms with van der Waals surface area (Å²) < 4.78 is 71.9. The minimum atomic E-state index is -4.63. The van der Waals surface area contributed by atoms with Crippen molar-refractivity contribution in [3.8, 4) is 17.6 Å². The van der Waals surface area contributed by atoms with Gasteiger partial charge >= 0.3 is 12.8 Å². The normalized spacial score (nSPS) is 11.9. The van der Waals surface area contributed by atoms with Crippen molar-refractivity contribution in [2.24, 2.45) is 0 Å². The number of alkyl halides is 5. The van der Waals surface area contributed by atoms with E-state index in [0.29, 0.717) is 18.3 Å². The molecule has 0 aliphatic heterocycles. The monoisotopic (exact) mass is 415 g/mol. The van der Waals surface area contributed by atoms with E-state index in [2.05, 4.69) is 9.72 Å². The molecule has 0 aliphatic rings. The van der Waals surface area contributed by atoms with Crippen LogP contribution < -0.4 is 9.47 Å². The number of pyridine rings is 1. The Morgan fingerprint density at radius 2 is 2.00 bits per heavy atom. The molecule has 12 heteroatoms. The summed E-state index contributed by atoms with van der Waals surface area (Å²) in [4.78, 5) is 13.9. The molecule has 1 heterocycles. The molecule has 2 aromatic rings. The number of benzene rings is 1. The molecular weight excluding hydrogens is 405 g/mol. The minimum absolute atomic E-state index is 0.179. The highest BCUT2D eigenvalue weighted by Gasteiger charge is 2.30. The van der Waals surface area contributed by atoms with Gasteiger partial charge in [-0.25, -0.2) is 0 Å². The molecule has 0 atom stereocenters. The number of hydrogen-bond acceptors (Lipinski definition) is 6. The Morgan fingerprint density at radius 3 is 2.45 bits per heavy atom. The van der Waals surface area contributed by atoms with E-state index < -0.39 is 34.7 Å². The molecule has 2 rings (SSSR count). The zero-order chi connectivity index (χ0) is 21.8. The molecule has 0 saturated carbocycles. The lowest BCUT2D eigenvalue weighted by Crippen LogP contribution is -2.06. The first-order valence-corrected chi connectivity index (χ1v) is 7.53. The average molecular weight is 415 g/mol. The van der Waals surface area contributed by atoms with E-state index in [9.17, 15) is 37.3 Å². The molecule has 0 N–H and O–H groups in total. The van der Waals surface area contributed by atoms with Gasteiger partial charge in [-0.1, -0.05) is 0 Å². The van der Waals surface area contributed by atoms with Crippen LogP contribution in [0.2, 0.25) is 0 Å². The van der Waals surface area contributed by atoms with Gasteiger partial charge in [0.15, 0.2) is 11.5 Å². The fraction of sp³-hybridized carbons (Fsp3) is 0.176. The molecule has 0 unspecified atom stereocenters. The first kappa shape index (κ1) is 21.5. The van der Waals surface area contributed by atoms with E-state index in [-0.39, 0.29) is 22.6 Å². The van der Waals surface area contributed by atoms with E-state index in [4.69, 9.17) is 4.74 Å². The van der Waals surface area contributed by atoms with Crippen molar-refractivity contribution in [1.82, 2.24) is 4.98 Å². The molecule has 0 spiro atoms.